The van der Waals surface area contributed by atoms with Crippen molar-refractivity contribution >= 4 is 34.1 Å². The van der Waals surface area contributed by atoms with Crippen molar-refractivity contribution in [1.82, 2.24) is 29.9 Å². The van der Waals surface area contributed by atoms with Crippen molar-refractivity contribution < 1.29 is 4.79 Å². The van der Waals surface area contributed by atoms with Gasteiger partial charge in [0.05, 0.1) is 23.1 Å². The van der Waals surface area contributed by atoms with Crippen LogP contribution in [0.1, 0.15) is 0 Å². The van der Waals surface area contributed by atoms with Gasteiger partial charge in [0, 0.05) is 6.07 Å². The molecule has 0 bridgehead atoms. The van der Waals surface area contributed by atoms with Crippen molar-refractivity contribution in [3.8, 4) is 10.6 Å². The Labute approximate surface area is 138 Å². The van der Waals surface area contributed by atoms with Crippen LogP contribution in [0.25, 0.3) is 21.6 Å². The maximum atomic E-state index is 12.2. The monoisotopic (exact) mass is 341 g/mol. The zero-order valence-electron chi connectivity index (χ0n) is 12.2. The molecule has 0 unspecified atom stereocenters. The van der Waals surface area contributed by atoms with Gasteiger partial charge in [-0.25, -0.2) is 9.67 Å². The molecule has 3 N–H and O–H groups in total. The van der Waals surface area contributed by atoms with Crippen LogP contribution in [0.15, 0.2) is 40.9 Å². The number of anilines is 1. The van der Waals surface area contributed by atoms with E-state index in [4.69, 9.17) is 0 Å². The number of aromatic amines is 2. The third-order valence-electron chi connectivity index (χ3n) is 3.36. The van der Waals surface area contributed by atoms with Gasteiger partial charge in [0.1, 0.15) is 11.9 Å². The number of nitrogens with one attached hydrogen (secondary N) is 3. The van der Waals surface area contributed by atoms with E-state index in [0.29, 0.717) is 16.9 Å². The minimum absolute atomic E-state index is 0.0683. The lowest BCUT2D eigenvalue weighted by Gasteiger charge is -2.02. The van der Waals surface area contributed by atoms with E-state index in [2.05, 4.69) is 30.6 Å². The number of nitrogens with zero attached hydrogens (tertiary/aromatic N) is 4. The molecular weight excluding hydrogens is 330 g/mol. The van der Waals surface area contributed by atoms with Gasteiger partial charge < -0.3 is 10.3 Å². The van der Waals surface area contributed by atoms with Gasteiger partial charge in [-0.3, -0.25) is 14.7 Å². The summed E-state index contributed by atoms with van der Waals surface area (Å²) < 4.78 is 1.37. The normalized spacial score (nSPS) is 11.0. The van der Waals surface area contributed by atoms with Crippen LogP contribution in [-0.4, -0.2) is 35.9 Å². The molecule has 0 aromatic carbocycles. The van der Waals surface area contributed by atoms with Gasteiger partial charge in [0.2, 0.25) is 5.91 Å². The largest absolute Gasteiger partial charge is 0.312 e. The summed E-state index contributed by atoms with van der Waals surface area (Å²) in [5.74, 6) is 0.108. The number of H-pyrrole nitrogens is 2. The minimum Gasteiger partial charge on any atom is -0.312 e. The SMILES string of the molecule is O=C(Cn1ncc2c(=O)[nH]cnc21)Nc1cc(-c2cccs2)[nH]n1. The van der Waals surface area contributed by atoms with E-state index in [-0.39, 0.29) is 18.0 Å². The summed E-state index contributed by atoms with van der Waals surface area (Å²) in [6.45, 7) is -0.0683. The number of thiophene rings is 1. The van der Waals surface area contributed by atoms with Crippen molar-refractivity contribution in [2.75, 3.05) is 5.32 Å². The maximum Gasteiger partial charge on any atom is 0.261 e. The number of carbonyl (C=O) groups is 1. The van der Waals surface area contributed by atoms with E-state index in [9.17, 15) is 9.59 Å². The lowest BCUT2D eigenvalue weighted by atomic mass is 10.3. The molecule has 4 aromatic rings. The Bertz CT molecular complexity index is 1060. The Balaban J connectivity index is 1.50. The quantitative estimate of drug-likeness (QED) is 0.515. The number of aromatic nitrogens is 6. The van der Waals surface area contributed by atoms with E-state index < -0.39 is 0 Å². The van der Waals surface area contributed by atoms with Crippen molar-refractivity contribution in [2.24, 2.45) is 0 Å². The highest BCUT2D eigenvalue weighted by Gasteiger charge is 2.12. The predicted molar refractivity (Wildman–Crippen MR) is 88.7 cm³/mol. The first-order valence-electron chi connectivity index (χ1n) is 6.99. The second kappa shape index (κ2) is 5.74. The highest BCUT2D eigenvalue weighted by Crippen LogP contribution is 2.24. The average molecular weight is 341 g/mol. The van der Waals surface area contributed by atoms with Crippen LogP contribution in [0.5, 0.6) is 0 Å². The average Bonchev–Trinajstić information content (AvgIpc) is 3.28. The highest BCUT2D eigenvalue weighted by molar-refractivity contribution is 7.13. The van der Waals surface area contributed by atoms with Crippen LogP contribution in [0.4, 0.5) is 5.82 Å². The zero-order chi connectivity index (χ0) is 16.5. The molecule has 0 spiro atoms. The first-order valence-corrected chi connectivity index (χ1v) is 7.87. The lowest BCUT2D eigenvalue weighted by Crippen LogP contribution is -2.20. The third kappa shape index (κ3) is 2.58. The molecule has 0 radical (unpaired) electrons. The first-order chi connectivity index (χ1) is 11.7. The summed E-state index contributed by atoms with van der Waals surface area (Å²) in [4.78, 5) is 31.3. The second-order valence-electron chi connectivity index (χ2n) is 4.96. The van der Waals surface area contributed by atoms with Crippen molar-refractivity contribution in [1.29, 1.82) is 0 Å². The smallest absolute Gasteiger partial charge is 0.261 e. The molecule has 0 aliphatic rings. The maximum absolute atomic E-state index is 12.2. The molecule has 4 heterocycles. The number of rotatable bonds is 4. The standard InChI is InChI=1S/C14H11N7O2S/c22-12(6-21-13-8(5-17-21)14(23)16-7-15-13)18-11-4-9(19-20-11)10-2-1-3-24-10/h1-5,7H,6H2,(H,15,16,23)(H2,18,19,20,22). The van der Waals surface area contributed by atoms with Gasteiger partial charge >= 0.3 is 0 Å². The molecule has 4 rings (SSSR count). The van der Waals surface area contributed by atoms with Crippen molar-refractivity contribution in [2.45, 2.75) is 6.54 Å². The van der Waals surface area contributed by atoms with Crippen LogP contribution < -0.4 is 10.9 Å². The molecule has 0 fully saturated rings. The number of fused-ring (bicyclic) bond motifs is 1. The van der Waals surface area contributed by atoms with E-state index in [0.717, 1.165) is 10.6 Å². The van der Waals surface area contributed by atoms with E-state index in [1.807, 2.05) is 17.5 Å². The fourth-order valence-corrected chi connectivity index (χ4v) is 2.98. The molecule has 10 heteroatoms. The van der Waals surface area contributed by atoms with Gasteiger partial charge in [0.25, 0.3) is 5.56 Å². The number of hydrogen-bond acceptors (Lipinski definition) is 6. The molecule has 9 nitrogen and oxygen atoms in total. The Hall–Kier alpha value is -3.27. The minimum atomic E-state index is -0.314. The van der Waals surface area contributed by atoms with Gasteiger partial charge in [-0.05, 0) is 11.4 Å². The molecule has 120 valence electrons. The zero-order valence-corrected chi connectivity index (χ0v) is 13.0. The van der Waals surface area contributed by atoms with Gasteiger partial charge in [-0.15, -0.1) is 11.3 Å². The molecule has 0 aliphatic carbocycles. The molecular formula is C14H11N7O2S. The van der Waals surface area contributed by atoms with Crippen LogP contribution in [0.2, 0.25) is 0 Å². The van der Waals surface area contributed by atoms with Crippen LogP contribution in [-0.2, 0) is 11.3 Å². The molecule has 0 aliphatic heterocycles. The fourth-order valence-electron chi connectivity index (χ4n) is 2.28. The van der Waals surface area contributed by atoms with Gasteiger partial charge in [-0.2, -0.15) is 10.2 Å². The Kier molecular flexibility index (Phi) is 3.43. The third-order valence-corrected chi connectivity index (χ3v) is 4.27. The van der Waals surface area contributed by atoms with Gasteiger partial charge in [-0.1, -0.05) is 6.07 Å². The fraction of sp³-hybridized carbons (Fsp3) is 0.0714. The van der Waals surface area contributed by atoms with Crippen LogP contribution in [0.3, 0.4) is 0 Å². The van der Waals surface area contributed by atoms with Crippen molar-refractivity contribution in [3.63, 3.8) is 0 Å². The van der Waals surface area contributed by atoms with Crippen molar-refractivity contribution in [3.05, 3.63) is 46.5 Å². The summed E-state index contributed by atoms with van der Waals surface area (Å²) >= 11 is 1.58. The molecule has 4 aromatic heterocycles. The number of carbonyl (C=O) groups excluding carboxylic acids is 1. The lowest BCUT2D eigenvalue weighted by molar-refractivity contribution is -0.116. The number of amides is 1. The summed E-state index contributed by atoms with van der Waals surface area (Å²) in [7, 11) is 0. The van der Waals surface area contributed by atoms with Gasteiger partial charge in [0.15, 0.2) is 11.5 Å². The Morgan fingerprint density at radius 1 is 1.42 bits per heavy atom. The van der Waals surface area contributed by atoms with E-state index >= 15 is 0 Å². The molecule has 0 saturated heterocycles. The first kappa shape index (κ1) is 14.3. The second-order valence-corrected chi connectivity index (χ2v) is 5.91. The molecule has 24 heavy (non-hydrogen) atoms. The highest BCUT2D eigenvalue weighted by atomic mass is 32.1. The topological polar surface area (TPSA) is 121 Å². The molecule has 0 saturated carbocycles. The van der Waals surface area contributed by atoms with E-state index in [1.54, 1.807) is 17.4 Å². The summed E-state index contributed by atoms with van der Waals surface area (Å²) in [6.07, 6.45) is 2.67. The predicted octanol–water partition coefficient (Wildman–Crippen LogP) is 1.21. The summed E-state index contributed by atoms with van der Waals surface area (Å²) in [5.41, 5.74) is 0.896. The Morgan fingerprint density at radius 2 is 2.33 bits per heavy atom. The number of hydrogen-bond donors (Lipinski definition) is 3. The van der Waals surface area contributed by atoms with Crippen LogP contribution >= 0.6 is 11.3 Å². The van der Waals surface area contributed by atoms with E-state index in [1.165, 1.54) is 17.2 Å². The summed E-state index contributed by atoms with van der Waals surface area (Å²) in [5, 5.41) is 16.0. The molecule has 0 atom stereocenters. The molecule has 1 amide bonds. The summed E-state index contributed by atoms with van der Waals surface area (Å²) in [6, 6.07) is 5.66. The van der Waals surface area contributed by atoms with Crippen LogP contribution in [0, 0.1) is 0 Å². The Morgan fingerprint density at radius 3 is 3.17 bits per heavy atom.